The smallest absolute Gasteiger partial charge is 0.251 e. The molecule has 2 aliphatic heterocycles. The molecule has 0 spiro atoms. The summed E-state index contributed by atoms with van der Waals surface area (Å²) in [5, 5.41) is 8.84. The van der Waals surface area contributed by atoms with Crippen molar-refractivity contribution in [3.63, 3.8) is 0 Å². The highest BCUT2D eigenvalue weighted by molar-refractivity contribution is 9.10. The van der Waals surface area contributed by atoms with Crippen LogP contribution in [0.1, 0.15) is 41.9 Å². The fourth-order valence-corrected chi connectivity index (χ4v) is 6.85. The van der Waals surface area contributed by atoms with Gasteiger partial charge in [-0.3, -0.25) is 19.5 Å². The molecule has 214 valence electrons. The minimum absolute atomic E-state index is 0.0267. The SMILES string of the molecule is COCCN1Cc2c(cc(Br)c3[nH]ncc23)CC(CC(=O)N2CCC(c3cc4cccc(F)c4[nH]c3=O)CC2)C1=O. The van der Waals surface area contributed by atoms with Gasteiger partial charge in [-0.2, -0.15) is 5.10 Å². The summed E-state index contributed by atoms with van der Waals surface area (Å²) in [7, 11) is 1.61. The van der Waals surface area contributed by atoms with Crippen molar-refractivity contribution in [1.29, 1.82) is 0 Å². The van der Waals surface area contributed by atoms with Crippen molar-refractivity contribution in [1.82, 2.24) is 25.0 Å². The molecule has 0 bridgehead atoms. The number of methoxy groups -OCH3 is 1. The lowest BCUT2D eigenvalue weighted by molar-refractivity contribution is -0.142. The highest BCUT2D eigenvalue weighted by Gasteiger charge is 2.34. The summed E-state index contributed by atoms with van der Waals surface area (Å²) in [6.45, 7) is 2.26. The van der Waals surface area contributed by atoms with Crippen LogP contribution in [0.2, 0.25) is 0 Å². The number of aromatic amines is 2. The van der Waals surface area contributed by atoms with E-state index in [2.05, 4.69) is 31.1 Å². The number of pyridine rings is 1. The van der Waals surface area contributed by atoms with Gasteiger partial charge in [0.25, 0.3) is 5.56 Å². The predicted molar refractivity (Wildman–Crippen MR) is 156 cm³/mol. The molecule has 9 nitrogen and oxygen atoms in total. The van der Waals surface area contributed by atoms with Crippen molar-refractivity contribution >= 4 is 49.6 Å². The molecular formula is C30H31BrFN5O4. The number of aromatic nitrogens is 3. The second-order valence-corrected chi connectivity index (χ2v) is 11.8. The van der Waals surface area contributed by atoms with Crippen LogP contribution in [0.4, 0.5) is 4.39 Å². The van der Waals surface area contributed by atoms with Gasteiger partial charge in [0.05, 0.1) is 29.8 Å². The number of para-hydroxylation sites is 1. The minimum Gasteiger partial charge on any atom is -0.383 e. The predicted octanol–water partition coefficient (Wildman–Crippen LogP) is 4.25. The lowest BCUT2D eigenvalue weighted by Crippen LogP contribution is -2.42. The van der Waals surface area contributed by atoms with Crippen molar-refractivity contribution in [3.05, 3.63) is 73.9 Å². The normalized spacial score (nSPS) is 18.2. The number of halogens is 2. The van der Waals surface area contributed by atoms with E-state index < -0.39 is 11.7 Å². The average Bonchev–Trinajstić information content (AvgIpc) is 3.43. The van der Waals surface area contributed by atoms with Crippen molar-refractivity contribution in [3.8, 4) is 0 Å². The number of rotatable bonds is 6. The van der Waals surface area contributed by atoms with Crippen LogP contribution < -0.4 is 5.56 Å². The molecule has 0 aliphatic carbocycles. The monoisotopic (exact) mass is 623 g/mol. The van der Waals surface area contributed by atoms with Crippen LogP contribution in [-0.2, 0) is 27.3 Å². The van der Waals surface area contributed by atoms with Crippen LogP contribution in [0.5, 0.6) is 0 Å². The molecule has 4 heterocycles. The van der Waals surface area contributed by atoms with Crippen LogP contribution in [0.3, 0.4) is 0 Å². The largest absolute Gasteiger partial charge is 0.383 e. The van der Waals surface area contributed by atoms with Crippen molar-refractivity contribution in [2.45, 2.75) is 38.1 Å². The number of amides is 2. The Kier molecular flexibility index (Phi) is 7.65. The highest BCUT2D eigenvalue weighted by atomic mass is 79.9. The van der Waals surface area contributed by atoms with Gasteiger partial charge >= 0.3 is 0 Å². The Morgan fingerprint density at radius 2 is 2.00 bits per heavy atom. The number of carbonyl (C=O) groups excluding carboxylic acids is 2. The molecule has 1 unspecified atom stereocenters. The molecule has 41 heavy (non-hydrogen) atoms. The third-order valence-corrected chi connectivity index (χ3v) is 9.12. The second kappa shape index (κ2) is 11.4. The Balaban J connectivity index is 1.18. The zero-order valence-corrected chi connectivity index (χ0v) is 24.3. The maximum Gasteiger partial charge on any atom is 0.251 e. The molecule has 4 aromatic rings. The Labute approximate surface area is 244 Å². The van der Waals surface area contributed by atoms with Crippen LogP contribution in [0.25, 0.3) is 21.8 Å². The van der Waals surface area contributed by atoms with E-state index in [4.69, 9.17) is 4.74 Å². The number of piperidine rings is 1. The molecular weight excluding hydrogens is 593 g/mol. The number of likely N-dealkylation sites (tertiary alicyclic amines) is 1. The summed E-state index contributed by atoms with van der Waals surface area (Å²) < 4.78 is 20.3. The van der Waals surface area contributed by atoms with Gasteiger partial charge in [0, 0.05) is 60.5 Å². The number of hydrogen-bond acceptors (Lipinski definition) is 5. The van der Waals surface area contributed by atoms with Gasteiger partial charge in [-0.25, -0.2) is 4.39 Å². The maximum atomic E-state index is 14.1. The van der Waals surface area contributed by atoms with E-state index in [1.54, 1.807) is 41.3 Å². The molecule has 1 saturated heterocycles. The van der Waals surface area contributed by atoms with E-state index in [-0.39, 0.29) is 35.2 Å². The van der Waals surface area contributed by atoms with Gasteiger partial charge in [-0.15, -0.1) is 0 Å². The molecule has 2 aromatic heterocycles. The number of benzene rings is 2. The number of H-pyrrole nitrogens is 2. The summed E-state index contributed by atoms with van der Waals surface area (Å²) >= 11 is 3.62. The Morgan fingerprint density at radius 3 is 2.78 bits per heavy atom. The van der Waals surface area contributed by atoms with E-state index in [9.17, 15) is 18.8 Å². The number of hydrogen-bond donors (Lipinski definition) is 2. The molecule has 6 rings (SSSR count). The van der Waals surface area contributed by atoms with Gasteiger partial charge in [0.1, 0.15) is 5.82 Å². The third kappa shape index (κ3) is 5.28. The Hall–Kier alpha value is -3.57. The first-order valence-corrected chi connectivity index (χ1v) is 14.6. The molecule has 2 N–H and O–H groups in total. The molecule has 2 aliphatic rings. The lowest BCUT2D eigenvalue weighted by Gasteiger charge is -2.33. The third-order valence-electron chi connectivity index (χ3n) is 8.50. The summed E-state index contributed by atoms with van der Waals surface area (Å²) in [5.41, 5.74) is 3.50. The number of carbonyl (C=O) groups is 2. The highest BCUT2D eigenvalue weighted by Crippen LogP contribution is 2.35. The van der Waals surface area contributed by atoms with Gasteiger partial charge in [0.15, 0.2) is 0 Å². The molecule has 1 atom stereocenters. The van der Waals surface area contributed by atoms with E-state index in [0.717, 1.165) is 26.5 Å². The van der Waals surface area contributed by atoms with Gasteiger partial charge in [0.2, 0.25) is 11.8 Å². The first-order chi connectivity index (χ1) is 19.8. The van der Waals surface area contributed by atoms with Gasteiger partial charge in [-0.05, 0) is 70.4 Å². The van der Waals surface area contributed by atoms with E-state index >= 15 is 0 Å². The molecule has 1 fully saturated rings. The van der Waals surface area contributed by atoms with Crippen LogP contribution in [0, 0.1) is 11.7 Å². The zero-order valence-electron chi connectivity index (χ0n) is 22.7. The lowest BCUT2D eigenvalue weighted by atomic mass is 9.88. The fraction of sp³-hybridized carbons (Fsp3) is 0.400. The summed E-state index contributed by atoms with van der Waals surface area (Å²) in [6, 6.07) is 8.53. The zero-order chi connectivity index (χ0) is 28.7. The van der Waals surface area contributed by atoms with Crippen LogP contribution in [0.15, 0.2) is 45.8 Å². The van der Waals surface area contributed by atoms with E-state index in [1.165, 1.54) is 6.07 Å². The maximum absolute atomic E-state index is 14.1. The van der Waals surface area contributed by atoms with E-state index in [1.807, 2.05) is 6.07 Å². The van der Waals surface area contributed by atoms with Gasteiger partial charge in [-0.1, -0.05) is 12.1 Å². The quantitative estimate of drug-likeness (QED) is 0.334. The topological polar surface area (TPSA) is 111 Å². The Morgan fingerprint density at radius 1 is 1.20 bits per heavy atom. The summed E-state index contributed by atoms with van der Waals surface area (Å²) in [5.74, 6) is -1.09. The first-order valence-electron chi connectivity index (χ1n) is 13.8. The molecule has 0 saturated carbocycles. The second-order valence-electron chi connectivity index (χ2n) is 10.9. The fourth-order valence-electron chi connectivity index (χ4n) is 6.28. The average molecular weight is 625 g/mol. The minimum atomic E-state index is -0.493. The number of fused-ring (bicyclic) bond motifs is 4. The number of nitrogens with one attached hydrogen (secondary N) is 2. The van der Waals surface area contributed by atoms with Crippen molar-refractivity contribution < 1.29 is 18.7 Å². The molecule has 2 amide bonds. The number of nitrogens with zero attached hydrogens (tertiary/aromatic N) is 3. The Bertz CT molecular complexity index is 1690. The summed E-state index contributed by atoms with van der Waals surface area (Å²) in [4.78, 5) is 46.3. The summed E-state index contributed by atoms with van der Waals surface area (Å²) in [6.07, 6.45) is 3.61. The number of ether oxygens (including phenoxy) is 1. The van der Waals surface area contributed by atoms with Crippen molar-refractivity contribution in [2.24, 2.45) is 5.92 Å². The molecule has 11 heteroatoms. The van der Waals surface area contributed by atoms with E-state index in [0.29, 0.717) is 63.0 Å². The van der Waals surface area contributed by atoms with Crippen molar-refractivity contribution in [2.75, 3.05) is 33.4 Å². The van der Waals surface area contributed by atoms with Gasteiger partial charge < -0.3 is 19.5 Å². The first kappa shape index (κ1) is 27.6. The van der Waals surface area contributed by atoms with Crippen LogP contribution >= 0.6 is 15.9 Å². The molecule has 0 radical (unpaired) electrons. The standard InChI is InChI=1S/C30H31BrFN5O4/c1-41-10-9-37-16-23-19(13-24(31)28-22(23)15-33-35-28)11-20(30(37)40)14-26(38)36-7-5-17(6-8-36)21-12-18-3-2-4-25(32)27(18)34-29(21)39/h2-4,12-13,15,17,20H,5-11,14,16H2,1H3,(H,33,35)(H,34,39). The van der Waals surface area contributed by atoms with Crippen LogP contribution in [-0.4, -0.2) is 70.1 Å². The molecule has 2 aromatic carbocycles.